The SMILES string of the molecule is COC(=O)Cc1c(C)c(N(Cc2cccc(F)c2Br)SC)cc(C=O)c1-c1ccc(C)cc1. The van der Waals surface area contributed by atoms with Gasteiger partial charge in [0, 0.05) is 11.8 Å². The highest BCUT2D eigenvalue weighted by Gasteiger charge is 2.23. The summed E-state index contributed by atoms with van der Waals surface area (Å²) in [6.07, 6.45) is 2.77. The molecule has 172 valence electrons. The van der Waals surface area contributed by atoms with Crippen molar-refractivity contribution in [3.63, 3.8) is 0 Å². The van der Waals surface area contributed by atoms with E-state index in [1.807, 2.05) is 60.8 Å². The first-order valence-electron chi connectivity index (χ1n) is 10.3. The Morgan fingerprint density at radius 3 is 2.48 bits per heavy atom. The van der Waals surface area contributed by atoms with Gasteiger partial charge in [0.2, 0.25) is 0 Å². The zero-order valence-electron chi connectivity index (χ0n) is 18.9. The molecule has 7 heteroatoms. The number of methoxy groups -OCH3 is 1. The molecule has 0 unspecified atom stereocenters. The van der Waals surface area contributed by atoms with Crippen LogP contribution in [0.2, 0.25) is 0 Å². The van der Waals surface area contributed by atoms with Crippen molar-refractivity contribution >= 4 is 45.8 Å². The molecule has 0 aliphatic carbocycles. The maximum absolute atomic E-state index is 14.1. The number of hydrogen-bond donors (Lipinski definition) is 0. The van der Waals surface area contributed by atoms with Crippen LogP contribution in [-0.4, -0.2) is 25.6 Å². The molecular weight excluding hydrogens is 505 g/mol. The third-order valence-corrected chi connectivity index (χ3v) is 7.22. The summed E-state index contributed by atoms with van der Waals surface area (Å²) in [5.41, 5.74) is 6.33. The second kappa shape index (κ2) is 11.0. The number of esters is 1. The number of nitrogens with zero attached hydrogens (tertiary/aromatic N) is 1. The van der Waals surface area contributed by atoms with Crippen LogP contribution < -0.4 is 4.31 Å². The average molecular weight is 530 g/mol. The first-order valence-corrected chi connectivity index (χ1v) is 12.3. The number of rotatable bonds is 8. The van der Waals surface area contributed by atoms with Gasteiger partial charge in [0.25, 0.3) is 0 Å². The van der Waals surface area contributed by atoms with E-state index >= 15 is 0 Å². The molecule has 0 aromatic heterocycles. The van der Waals surface area contributed by atoms with Crippen molar-refractivity contribution in [3.05, 3.63) is 86.6 Å². The number of aryl methyl sites for hydroxylation is 1. The Hall–Kier alpha value is -2.64. The standard InChI is InChI=1S/C26H25BrFNO3S/c1-16-8-10-18(11-9-16)25-20(15-30)12-23(17(2)21(25)13-24(31)32-3)29(33-4)14-19-6-5-7-22(28)26(19)27/h5-12,15H,13-14H2,1-4H3. The molecule has 0 heterocycles. The number of hydrogen-bond acceptors (Lipinski definition) is 5. The molecule has 33 heavy (non-hydrogen) atoms. The largest absolute Gasteiger partial charge is 0.469 e. The summed E-state index contributed by atoms with van der Waals surface area (Å²) in [5, 5.41) is 0. The Kier molecular flexibility index (Phi) is 8.32. The molecule has 3 aromatic rings. The Morgan fingerprint density at radius 1 is 1.18 bits per heavy atom. The lowest BCUT2D eigenvalue weighted by Crippen LogP contribution is -2.18. The number of carbonyl (C=O) groups is 2. The van der Waals surface area contributed by atoms with Crippen LogP contribution in [0.4, 0.5) is 10.1 Å². The summed E-state index contributed by atoms with van der Waals surface area (Å²) in [4.78, 5) is 24.5. The van der Waals surface area contributed by atoms with Gasteiger partial charge >= 0.3 is 5.97 Å². The van der Waals surface area contributed by atoms with Gasteiger partial charge in [0.1, 0.15) is 5.82 Å². The molecule has 0 saturated carbocycles. The minimum atomic E-state index is -0.385. The van der Waals surface area contributed by atoms with Crippen molar-refractivity contribution in [2.24, 2.45) is 0 Å². The highest BCUT2D eigenvalue weighted by Crippen LogP contribution is 2.39. The van der Waals surface area contributed by atoms with Crippen LogP contribution in [0.15, 0.2) is 53.0 Å². The highest BCUT2D eigenvalue weighted by atomic mass is 79.9. The van der Waals surface area contributed by atoms with Crippen LogP contribution in [0.5, 0.6) is 0 Å². The summed E-state index contributed by atoms with van der Waals surface area (Å²) >= 11 is 4.79. The topological polar surface area (TPSA) is 46.6 Å². The van der Waals surface area contributed by atoms with E-state index in [9.17, 15) is 14.0 Å². The molecule has 0 spiro atoms. The van der Waals surface area contributed by atoms with E-state index in [0.717, 1.165) is 45.4 Å². The lowest BCUT2D eigenvalue weighted by atomic mass is 9.88. The van der Waals surface area contributed by atoms with Crippen molar-refractivity contribution in [1.29, 1.82) is 0 Å². The van der Waals surface area contributed by atoms with Crippen molar-refractivity contribution in [1.82, 2.24) is 0 Å². The summed E-state index contributed by atoms with van der Waals surface area (Å²) in [7, 11) is 1.35. The molecule has 0 N–H and O–H groups in total. The van der Waals surface area contributed by atoms with E-state index in [4.69, 9.17) is 4.74 Å². The Balaban J connectivity index is 2.20. The fraction of sp³-hybridized carbons (Fsp3) is 0.231. The maximum atomic E-state index is 14.1. The minimum Gasteiger partial charge on any atom is -0.469 e. The molecule has 4 nitrogen and oxygen atoms in total. The number of aldehydes is 1. The van der Waals surface area contributed by atoms with Gasteiger partial charge in [-0.05, 0) is 69.7 Å². The molecular formula is C26H25BrFNO3S. The van der Waals surface area contributed by atoms with Crippen LogP contribution in [0.3, 0.4) is 0 Å². The second-order valence-corrected chi connectivity index (χ2v) is 9.23. The quantitative estimate of drug-likeness (QED) is 0.185. The van der Waals surface area contributed by atoms with Gasteiger partial charge in [-0.15, -0.1) is 0 Å². The van der Waals surface area contributed by atoms with Crippen LogP contribution in [-0.2, 0) is 22.5 Å². The number of carbonyl (C=O) groups excluding carboxylic acids is 2. The van der Waals surface area contributed by atoms with Crippen molar-refractivity contribution in [2.75, 3.05) is 17.7 Å². The minimum absolute atomic E-state index is 0.0338. The predicted octanol–water partition coefficient (Wildman–Crippen LogP) is 6.68. The first kappa shape index (κ1) is 25.0. The van der Waals surface area contributed by atoms with Gasteiger partial charge in [0.05, 0.1) is 30.2 Å². The van der Waals surface area contributed by atoms with E-state index in [1.165, 1.54) is 25.1 Å². The van der Waals surface area contributed by atoms with Crippen LogP contribution in [0.1, 0.15) is 32.6 Å². The lowest BCUT2D eigenvalue weighted by Gasteiger charge is -2.27. The van der Waals surface area contributed by atoms with Crippen LogP contribution in [0, 0.1) is 19.7 Å². The molecule has 0 amide bonds. The zero-order chi connectivity index (χ0) is 24.1. The molecule has 0 radical (unpaired) electrons. The number of benzene rings is 3. The molecule has 3 rings (SSSR count). The van der Waals surface area contributed by atoms with Crippen molar-refractivity contribution < 1.29 is 18.7 Å². The fourth-order valence-electron chi connectivity index (χ4n) is 3.77. The first-order chi connectivity index (χ1) is 15.8. The van der Waals surface area contributed by atoms with Gasteiger partial charge in [0.15, 0.2) is 6.29 Å². The highest BCUT2D eigenvalue weighted by molar-refractivity contribution is 9.10. The summed E-state index contributed by atoms with van der Waals surface area (Å²) in [6.45, 7) is 4.33. The fourth-order valence-corrected chi connectivity index (χ4v) is 4.81. The Morgan fingerprint density at radius 2 is 1.88 bits per heavy atom. The third-order valence-electron chi connectivity index (χ3n) is 5.57. The average Bonchev–Trinajstić information content (AvgIpc) is 2.82. The van der Waals surface area contributed by atoms with E-state index in [0.29, 0.717) is 16.6 Å². The summed E-state index contributed by atoms with van der Waals surface area (Å²) in [5.74, 6) is -0.719. The molecule has 0 bridgehead atoms. The summed E-state index contributed by atoms with van der Waals surface area (Å²) < 4.78 is 21.4. The molecule has 0 aliphatic rings. The van der Waals surface area contributed by atoms with E-state index in [1.54, 1.807) is 6.07 Å². The van der Waals surface area contributed by atoms with Gasteiger partial charge in [-0.3, -0.25) is 9.59 Å². The number of ether oxygens (including phenoxy) is 1. The van der Waals surface area contributed by atoms with Crippen LogP contribution in [0.25, 0.3) is 11.1 Å². The van der Waals surface area contributed by atoms with Crippen LogP contribution >= 0.6 is 27.9 Å². The predicted molar refractivity (Wildman–Crippen MR) is 136 cm³/mol. The molecule has 3 aromatic carbocycles. The van der Waals surface area contributed by atoms with Gasteiger partial charge in [-0.1, -0.05) is 53.9 Å². The second-order valence-electron chi connectivity index (χ2n) is 7.63. The molecule has 0 aliphatic heterocycles. The smallest absolute Gasteiger partial charge is 0.310 e. The molecule has 0 saturated heterocycles. The van der Waals surface area contributed by atoms with Gasteiger partial charge in [-0.2, -0.15) is 0 Å². The van der Waals surface area contributed by atoms with Gasteiger partial charge in [-0.25, -0.2) is 4.39 Å². The maximum Gasteiger partial charge on any atom is 0.310 e. The van der Waals surface area contributed by atoms with Gasteiger partial charge < -0.3 is 9.04 Å². The summed E-state index contributed by atoms with van der Waals surface area (Å²) in [6, 6.07) is 14.6. The molecule has 0 fully saturated rings. The lowest BCUT2D eigenvalue weighted by molar-refractivity contribution is -0.139. The van der Waals surface area contributed by atoms with E-state index < -0.39 is 0 Å². The van der Waals surface area contributed by atoms with Crippen molar-refractivity contribution in [3.8, 4) is 11.1 Å². The number of anilines is 1. The zero-order valence-corrected chi connectivity index (χ0v) is 21.3. The number of halogens is 2. The Labute approximate surface area is 206 Å². The molecule has 0 atom stereocenters. The monoisotopic (exact) mass is 529 g/mol. The van der Waals surface area contributed by atoms with Crippen molar-refractivity contribution in [2.45, 2.75) is 26.8 Å². The third kappa shape index (κ3) is 5.47. The Bertz CT molecular complexity index is 1180. The normalized spacial score (nSPS) is 10.7. The van der Waals surface area contributed by atoms with E-state index in [-0.39, 0.29) is 18.2 Å². The van der Waals surface area contributed by atoms with E-state index in [2.05, 4.69) is 15.9 Å².